The van der Waals surface area contributed by atoms with Gasteiger partial charge in [-0.3, -0.25) is 19.2 Å². The van der Waals surface area contributed by atoms with Crippen molar-refractivity contribution in [1.82, 2.24) is 5.32 Å². The highest BCUT2D eigenvalue weighted by Gasteiger charge is 2.73. The second-order valence-electron chi connectivity index (χ2n) is 14.8. The molecule has 8 atom stereocenters. The first-order valence-corrected chi connectivity index (χ1v) is 18.6. The van der Waals surface area contributed by atoms with Crippen LogP contribution in [0.5, 0.6) is 11.5 Å². The Labute approximate surface area is 341 Å². The molecule has 316 valence electrons. The normalized spacial score (nSPS) is 28.2. The fourth-order valence-electron chi connectivity index (χ4n) is 8.79. The van der Waals surface area contributed by atoms with Crippen molar-refractivity contribution in [3.63, 3.8) is 0 Å². The smallest absolute Gasteiger partial charge is 0.344 e. The quantitative estimate of drug-likeness (QED) is 0.148. The number of phenolic OH excluding ortho intramolecular Hbond substituents is 1. The van der Waals surface area contributed by atoms with Gasteiger partial charge in [-0.25, -0.2) is 9.59 Å². The number of aliphatic hydroxyl groups excluding tert-OH is 2. The van der Waals surface area contributed by atoms with E-state index in [1.54, 1.807) is 37.3 Å². The van der Waals surface area contributed by atoms with Crippen molar-refractivity contribution >= 4 is 35.1 Å². The second kappa shape index (κ2) is 15.6. The molecule has 18 nitrogen and oxygen atoms in total. The topological polar surface area (TPSA) is 271 Å². The molecule has 60 heavy (non-hydrogen) atoms. The van der Waals surface area contributed by atoms with Crippen molar-refractivity contribution in [2.75, 3.05) is 27.9 Å². The Morgan fingerprint density at radius 1 is 0.950 bits per heavy atom. The maximum absolute atomic E-state index is 15.0. The lowest BCUT2D eigenvalue weighted by molar-refractivity contribution is -0.236. The number of carboxylic acids is 1. The second-order valence-corrected chi connectivity index (χ2v) is 14.8. The van der Waals surface area contributed by atoms with Crippen LogP contribution in [-0.4, -0.2) is 131 Å². The first kappa shape index (κ1) is 42.3. The van der Waals surface area contributed by atoms with Crippen LogP contribution in [0, 0.1) is 6.92 Å². The molecule has 6 N–H and O–H groups in total. The van der Waals surface area contributed by atoms with E-state index in [9.17, 15) is 49.5 Å². The summed E-state index contributed by atoms with van der Waals surface area (Å²) in [5, 5.41) is 60.3. The number of hydrogen-bond acceptors (Lipinski definition) is 17. The molecule has 0 radical (unpaired) electrons. The lowest BCUT2D eigenvalue weighted by Gasteiger charge is -2.53. The number of fused-ring (bicyclic) bond motifs is 5. The zero-order chi connectivity index (χ0) is 43.6. The number of aryl methyl sites for hydroxylation is 1. The molecule has 1 saturated heterocycles. The number of Topliss-reactive ketones (excluding diaryl/α,β-unsaturated/α-hetero) is 3. The molecule has 18 heteroatoms. The molecule has 0 saturated carbocycles. The number of carbonyl (C=O) groups is 6. The van der Waals surface area contributed by atoms with Crippen molar-refractivity contribution in [2.24, 2.45) is 0 Å². The van der Waals surface area contributed by atoms with E-state index in [2.05, 4.69) is 5.32 Å². The molecule has 1 heterocycles. The van der Waals surface area contributed by atoms with E-state index >= 15 is 4.79 Å². The average molecular weight is 832 g/mol. The van der Waals surface area contributed by atoms with Crippen molar-refractivity contribution in [1.29, 1.82) is 0 Å². The fourth-order valence-corrected chi connectivity index (χ4v) is 8.79. The maximum atomic E-state index is 15.0. The molecule has 3 aromatic rings. The molecule has 3 aliphatic carbocycles. The van der Waals surface area contributed by atoms with E-state index in [1.807, 2.05) is 0 Å². The minimum absolute atomic E-state index is 0.0320. The Bertz CT molecular complexity index is 2370. The molecule has 0 aromatic heterocycles. The van der Waals surface area contributed by atoms with Gasteiger partial charge in [0.05, 0.1) is 29.0 Å². The Kier molecular flexibility index (Phi) is 11.0. The Hall–Kier alpha value is -5.86. The van der Waals surface area contributed by atoms with Gasteiger partial charge in [0.15, 0.2) is 29.8 Å². The van der Waals surface area contributed by atoms with Crippen LogP contribution in [0.25, 0.3) is 0 Å². The SMILES string of the molecule is CO[C@@H]1[C@@H](O)[C@@H](OC)[C@@H](NC2=CC(=O)c3c(cc4c(c3O)C(=O)C3(OC)C(O)Cc5cc(C)c(C(=O)O)c(OCC(=O)OCc6ccccc6)c5C3(O)C4=O)C2=O)O[C@H]1C. The number of aliphatic hydroxyl groups is 3. The standard InChI is InChI=1S/C42H41NO17/c1-17-11-20-12-25(45)42(57-5)38(51)29-22(37(50)41(42,54)30(20)35(27(17)40(52)53)59-16-26(46)58-15-19-9-7-6-8-10-19)13-21-28(32(29)48)24(44)14-23(31(21)47)43-39-36(56-4)33(49)34(55-3)18(2)60-39/h6-11,13-14,18,25,33-34,36,39,43,45,48-49,54H,12,15-16H2,1-5H3,(H,52,53)/t18-,25?,33+,34-,36+,39-,41?,42?/m0/s1. The number of aromatic carboxylic acids is 1. The van der Waals surface area contributed by atoms with Gasteiger partial charge < -0.3 is 59.3 Å². The van der Waals surface area contributed by atoms with Crippen molar-refractivity contribution in [3.8, 4) is 11.5 Å². The molecule has 1 fully saturated rings. The highest BCUT2D eigenvalue weighted by molar-refractivity contribution is 6.31. The highest BCUT2D eigenvalue weighted by Crippen LogP contribution is 2.57. The zero-order valence-corrected chi connectivity index (χ0v) is 32.8. The minimum atomic E-state index is -3.36. The Morgan fingerprint density at radius 2 is 1.63 bits per heavy atom. The molecule has 0 bridgehead atoms. The molecular weight excluding hydrogens is 790 g/mol. The molecule has 3 unspecified atom stereocenters. The van der Waals surface area contributed by atoms with E-state index in [-0.39, 0.29) is 17.7 Å². The van der Waals surface area contributed by atoms with E-state index < -0.39 is 147 Å². The number of ketones is 4. The van der Waals surface area contributed by atoms with Gasteiger partial charge in [-0.2, -0.15) is 0 Å². The van der Waals surface area contributed by atoms with Crippen LogP contribution in [0.2, 0.25) is 0 Å². The summed E-state index contributed by atoms with van der Waals surface area (Å²) in [6.07, 6.45) is -6.92. The fraction of sp³-hybridized carbons (Fsp3) is 0.381. The number of esters is 1. The zero-order valence-electron chi connectivity index (χ0n) is 32.8. The van der Waals surface area contributed by atoms with Gasteiger partial charge in [-0.1, -0.05) is 36.4 Å². The Balaban J connectivity index is 1.33. The number of carbonyl (C=O) groups excluding carboxylic acids is 5. The molecule has 1 aliphatic heterocycles. The molecule has 4 aliphatic rings. The predicted molar refractivity (Wildman–Crippen MR) is 202 cm³/mol. The van der Waals surface area contributed by atoms with Gasteiger partial charge in [0.2, 0.25) is 17.3 Å². The highest BCUT2D eigenvalue weighted by atomic mass is 16.6. The maximum Gasteiger partial charge on any atom is 0.344 e. The van der Waals surface area contributed by atoms with Crippen LogP contribution >= 0.6 is 0 Å². The minimum Gasteiger partial charge on any atom is -0.506 e. The summed E-state index contributed by atoms with van der Waals surface area (Å²) in [6.45, 7) is 1.86. The summed E-state index contributed by atoms with van der Waals surface area (Å²) in [5.41, 5.74) is -10.4. The largest absolute Gasteiger partial charge is 0.506 e. The summed E-state index contributed by atoms with van der Waals surface area (Å²) >= 11 is 0. The number of rotatable bonds is 11. The van der Waals surface area contributed by atoms with Crippen LogP contribution < -0.4 is 10.1 Å². The summed E-state index contributed by atoms with van der Waals surface area (Å²) in [7, 11) is 3.53. The molecule has 0 amide bonds. The first-order chi connectivity index (χ1) is 28.5. The van der Waals surface area contributed by atoms with Crippen LogP contribution in [0.4, 0.5) is 0 Å². The molecule has 0 spiro atoms. The number of benzene rings is 3. The van der Waals surface area contributed by atoms with E-state index in [1.165, 1.54) is 27.2 Å². The van der Waals surface area contributed by atoms with E-state index in [0.717, 1.165) is 19.3 Å². The van der Waals surface area contributed by atoms with Crippen LogP contribution in [0.15, 0.2) is 54.2 Å². The number of phenols is 1. The van der Waals surface area contributed by atoms with Crippen molar-refractivity contribution in [3.05, 3.63) is 104 Å². The number of ether oxygens (including phenoxy) is 6. The number of allylic oxidation sites excluding steroid dienone is 2. The molecule has 7 rings (SSSR count). The summed E-state index contributed by atoms with van der Waals surface area (Å²) in [4.78, 5) is 83.4. The number of hydrogen-bond donors (Lipinski definition) is 6. The summed E-state index contributed by atoms with van der Waals surface area (Å²) in [6, 6.07) is 10.7. The monoisotopic (exact) mass is 831 g/mol. The molecule has 3 aromatic carbocycles. The lowest BCUT2D eigenvalue weighted by atomic mass is 9.56. The van der Waals surface area contributed by atoms with Gasteiger partial charge in [-0.05, 0) is 36.6 Å². The van der Waals surface area contributed by atoms with Crippen molar-refractivity contribution in [2.45, 2.75) is 74.8 Å². The van der Waals surface area contributed by atoms with Gasteiger partial charge >= 0.3 is 11.9 Å². The third-order valence-corrected chi connectivity index (χ3v) is 11.5. The van der Waals surface area contributed by atoms with E-state index in [0.29, 0.717) is 5.56 Å². The number of aromatic hydroxyl groups is 1. The third-order valence-electron chi connectivity index (χ3n) is 11.5. The van der Waals surface area contributed by atoms with Gasteiger partial charge in [0, 0.05) is 50.5 Å². The van der Waals surface area contributed by atoms with Crippen LogP contribution in [0.3, 0.4) is 0 Å². The lowest BCUT2D eigenvalue weighted by Crippen LogP contribution is -2.73. The first-order valence-electron chi connectivity index (χ1n) is 18.6. The van der Waals surface area contributed by atoms with Crippen molar-refractivity contribution < 1.29 is 82.7 Å². The number of carboxylic acid groups (broad SMARTS) is 1. The Morgan fingerprint density at radius 3 is 2.27 bits per heavy atom. The number of nitrogens with one attached hydrogen (secondary N) is 1. The van der Waals surface area contributed by atoms with E-state index in [4.69, 9.17) is 28.4 Å². The van der Waals surface area contributed by atoms with Gasteiger partial charge in [0.1, 0.15) is 42.0 Å². The van der Waals surface area contributed by atoms with Crippen LogP contribution in [-0.2, 0) is 47.1 Å². The molecular formula is C42H41NO17. The van der Waals surface area contributed by atoms with Gasteiger partial charge in [-0.15, -0.1) is 0 Å². The predicted octanol–water partition coefficient (Wildman–Crippen LogP) is 1.08. The summed E-state index contributed by atoms with van der Waals surface area (Å²) in [5.74, 6) is -9.28. The average Bonchev–Trinajstić information content (AvgIpc) is 3.20. The number of methoxy groups -OCH3 is 3. The van der Waals surface area contributed by atoms with Crippen LogP contribution in [0.1, 0.15) is 81.0 Å². The summed E-state index contributed by atoms with van der Waals surface area (Å²) < 4.78 is 33.3. The third kappa shape index (κ3) is 6.21. The van der Waals surface area contributed by atoms with Gasteiger partial charge in [0.25, 0.3) is 0 Å².